The summed E-state index contributed by atoms with van der Waals surface area (Å²) in [7, 11) is 0. The molecule has 1 aliphatic rings. The average molecular weight is 345 g/mol. The van der Waals surface area contributed by atoms with Crippen molar-refractivity contribution >= 4 is 17.6 Å². The molecular formula is C16H18F3NO4. The fraction of sp³-hybridized carbons (Fsp3) is 0.500. The first-order chi connectivity index (χ1) is 11.2. The molecule has 8 heteroatoms. The van der Waals surface area contributed by atoms with Gasteiger partial charge in [-0.15, -0.1) is 0 Å². The Morgan fingerprint density at radius 1 is 1.29 bits per heavy atom. The summed E-state index contributed by atoms with van der Waals surface area (Å²) in [6.45, 7) is 0.143. The highest BCUT2D eigenvalue weighted by molar-refractivity contribution is 5.94. The van der Waals surface area contributed by atoms with Gasteiger partial charge in [0.25, 0.3) is 0 Å². The maximum absolute atomic E-state index is 12.2. The Balaban J connectivity index is 2.02. The molecule has 0 saturated heterocycles. The van der Waals surface area contributed by atoms with Crippen LogP contribution in [0.1, 0.15) is 24.8 Å². The van der Waals surface area contributed by atoms with Gasteiger partial charge in [0.2, 0.25) is 5.91 Å². The molecule has 2 N–H and O–H groups in total. The van der Waals surface area contributed by atoms with E-state index in [-0.39, 0.29) is 18.1 Å². The minimum atomic E-state index is -4.44. The molecule has 0 unspecified atom stereocenters. The lowest BCUT2D eigenvalue weighted by molar-refractivity contribution is -0.153. The van der Waals surface area contributed by atoms with Gasteiger partial charge >= 0.3 is 12.1 Å². The molecule has 132 valence electrons. The van der Waals surface area contributed by atoms with E-state index in [0.717, 1.165) is 0 Å². The van der Waals surface area contributed by atoms with E-state index in [1.165, 1.54) is 12.1 Å². The van der Waals surface area contributed by atoms with Crippen LogP contribution in [-0.2, 0) is 9.59 Å². The lowest BCUT2D eigenvalue weighted by atomic mass is 10.0. The Morgan fingerprint density at radius 3 is 2.54 bits per heavy atom. The minimum absolute atomic E-state index is 0.0416. The molecule has 0 aromatic heterocycles. The van der Waals surface area contributed by atoms with Gasteiger partial charge in [-0.2, -0.15) is 13.2 Å². The summed E-state index contributed by atoms with van der Waals surface area (Å²) >= 11 is 0. The SMILES string of the molecule is Cc1c(NC(=O)[C@@H]2CC[C@H](C(=O)O)C2)cccc1OCC(F)(F)F. The Bertz CT molecular complexity index is 630. The van der Waals surface area contributed by atoms with Crippen molar-refractivity contribution in [2.75, 3.05) is 11.9 Å². The monoisotopic (exact) mass is 345 g/mol. The van der Waals surface area contributed by atoms with Crippen LogP contribution in [0.15, 0.2) is 18.2 Å². The number of anilines is 1. The van der Waals surface area contributed by atoms with E-state index >= 15 is 0 Å². The lowest BCUT2D eigenvalue weighted by Crippen LogP contribution is -2.22. The first-order valence-electron chi connectivity index (χ1n) is 7.50. The predicted molar refractivity (Wildman–Crippen MR) is 79.8 cm³/mol. The van der Waals surface area contributed by atoms with Crippen LogP contribution in [0.4, 0.5) is 18.9 Å². The number of amides is 1. The summed E-state index contributed by atoms with van der Waals surface area (Å²) in [6, 6.07) is 4.45. The van der Waals surface area contributed by atoms with Crippen molar-refractivity contribution in [3.63, 3.8) is 0 Å². The zero-order valence-electron chi connectivity index (χ0n) is 13.0. The standard InChI is InChI=1S/C16H18F3NO4/c1-9-12(3-2-4-13(9)24-8-16(17,18)19)20-14(21)10-5-6-11(7-10)15(22)23/h2-4,10-11H,5-8H2,1H3,(H,20,21)(H,22,23)/t10-,11+/m1/s1. The largest absolute Gasteiger partial charge is 0.484 e. The fourth-order valence-corrected chi connectivity index (χ4v) is 2.74. The number of carboxylic acid groups (broad SMARTS) is 1. The number of benzene rings is 1. The first-order valence-corrected chi connectivity index (χ1v) is 7.50. The van der Waals surface area contributed by atoms with Crippen molar-refractivity contribution in [2.45, 2.75) is 32.4 Å². The van der Waals surface area contributed by atoms with Gasteiger partial charge in [0.1, 0.15) is 5.75 Å². The topological polar surface area (TPSA) is 75.6 Å². The molecule has 1 amide bonds. The highest BCUT2D eigenvalue weighted by Gasteiger charge is 2.34. The number of hydrogen-bond donors (Lipinski definition) is 2. The fourth-order valence-electron chi connectivity index (χ4n) is 2.74. The molecule has 1 fully saturated rings. The number of aliphatic carboxylic acids is 1. The van der Waals surface area contributed by atoms with Crippen LogP contribution < -0.4 is 10.1 Å². The molecule has 5 nitrogen and oxygen atoms in total. The lowest BCUT2D eigenvalue weighted by Gasteiger charge is -2.16. The van der Waals surface area contributed by atoms with Crippen LogP contribution in [0.25, 0.3) is 0 Å². The summed E-state index contributed by atoms with van der Waals surface area (Å²) in [5.41, 5.74) is 0.751. The molecular weight excluding hydrogens is 327 g/mol. The van der Waals surface area contributed by atoms with E-state index < -0.39 is 30.6 Å². The van der Waals surface area contributed by atoms with Crippen molar-refractivity contribution in [1.82, 2.24) is 0 Å². The average Bonchev–Trinajstić information content (AvgIpc) is 2.97. The van der Waals surface area contributed by atoms with E-state index in [4.69, 9.17) is 9.84 Å². The van der Waals surface area contributed by atoms with E-state index in [1.54, 1.807) is 13.0 Å². The molecule has 1 aromatic rings. The quantitative estimate of drug-likeness (QED) is 0.858. The summed E-state index contributed by atoms with van der Waals surface area (Å²) in [5.74, 6) is -2.13. The predicted octanol–water partition coefficient (Wildman–Crippen LogP) is 3.38. The third-order valence-electron chi connectivity index (χ3n) is 4.09. The number of alkyl halides is 3. The second-order valence-electron chi connectivity index (χ2n) is 5.87. The van der Waals surface area contributed by atoms with E-state index in [1.807, 2.05) is 0 Å². The van der Waals surface area contributed by atoms with E-state index in [0.29, 0.717) is 24.1 Å². The summed E-state index contributed by atoms with van der Waals surface area (Å²) in [4.78, 5) is 23.2. The van der Waals surface area contributed by atoms with Gasteiger partial charge < -0.3 is 15.2 Å². The van der Waals surface area contributed by atoms with Gasteiger partial charge in [-0.3, -0.25) is 9.59 Å². The van der Waals surface area contributed by atoms with Crippen LogP contribution >= 0.6 is 0 Å². The van der Waals surface area contributed by atoms with Crippen LogP contribution in [0.3, 0.4) is 0 Å². The van der Waals surface area contributed by atoms with Crippen molar-refractivity contribution in [2.24, 2.45) is 11.8 Å². The highest BCUT2D eigenvalue weighted by atomic mass is 19.4. The summed E-state index contributed by atoms with van der Waals surface area (Å²) in [5, 5.41) is 11.6. The van der Waals surface area contributed by atoms with E-state index in [9.17, 15) is 22.8 Å². The number of carbonyl (C=O) groups excluding carboxylic acids is 1. The second kappa shape index (κ2) is 7.11. The zero-order valence-corrected chi connectivity index (χ0v) is 13.0. The van der Waals surface area contributed by atoms with Crippen molar-refractivity contribution in [1.29, 1.82) is 0 Å². The second-order valence-corrected chi connectivity index (χ2v) is 5.87. The smallest absolute Gasteiger partial charge is 0.422 e. The molecule has 2 atom stereocenters. The molecule has 2 rings (SSSR count). The van der Waals surface area contributed by atoms with Crippen LogP contribution in [0, 0.1) is 18.8 Å². The Kier molecular flexibility index (Phi) is 5.36. The van der Waals surface area contributed by atoms with Crippen molar-refractivity contribution in [3.8, 4) is 5.75 Å². The third kappa shape index (κ3) is 4.62. The molecule has 0 spiro atoms. The number of carboxylic acids is 1. The molecule has 0 radical (unpaired) electrons. The van der Waals surface area contributed by atoms with Crippen molar-refractivity contribution < 1.29 is 32.6 Å². The number of rotatable bonds is 5. The van der Waals surface area contributed by atoms with Crippen molar-refractivity contribution in [3.05, 3.63) is 23.8 Å². The van der Waals surface area contributed by atoms with E-state index in [2.05, 4.69) is 5.32 Å². The Hall–Kier alpha value is -2.25. The van der Waals surface area contributed by atoms with Gasteiger partial charge in [-0.1, -0.05) is 6.07 Å². The summed E-state index contributed by atoms with van der Waals surface area (Å²) < 4.78 is 41.5. The molecule has 0 bridgehead atoms. The van der Waals surface area contributed by atoms with Gasteiger partial charge in [0.05, 0.1) is 5.92 Å². The molecule has 1 aromatic carbocycles. The van der Waals surface area contributed by atoms with Gasteiger partial charge in [-0.05, 0) is 38.3 Å². The number of halogens is 3. The van der Waals surface area contributed by atoms with Gasteiger partial charge in [0.15, 0.2) is 6.61 Å². The maximum Gasteiger partial charge on any atom is 0.422 e. The highest BCUT2D eigenvalue weighted by Crippen LogP contribution is 2.33. The first kappa shape index (κ1) is 18.1. The Morgan fingerprint density at radius 2 is 1.96 bits per heavy atom. The third-order valence-corrected chi connectivity index (χ3v) is 4.09. The molecule has 0 aliphatic heterocycles. The number of carbonyl (C=O) groups is 2. The molecule has 1 aliphatic carbocycles. The molecule has 0 heterocycles. The minimum Gasteiger partial charge on any atom is -0.484 e. The molecule has 24 heavy (non-hydrogen) atoms. The van der Waals surface area contributed by atoms with Gasteiger partial charge in [-0.25, -0.2) is 0 Å². The number of nitrogens with one attached hydrogen (secondary N) is 1. The number of hydrogen-bond acceptors (Lipinski definition) is 3. The van der Waals surface area contributed by atoms with Crippen LogP contribution in [-0.4, -0.2) is 29.8 Å². The normalized spacial score (nSPS) is 20.7. The van der Waals surface area contributed by atoms with Crippen LogP contribution in [0.2, 0.25) is 0 Å². The van der Waals surface area contributed by atoms with Crippen LogP contribution in [0.5, 0.6) is 5.75 Å². The number of ether oxygens (including phenoxy) is 1. The van der Waals surface area contributed by atoms with Gasteiger partial charge in [0, 0.05) is 17.2 Å². The maximum atomic E-state index is 12.2. The zero-order chi connectivity index (χ0) is 17.9. The molecule has 1 saturated carbocycles. The summed E-state index contributed by atoms with van der Waals surface area (Å²) in [6.07, 6.45) is -3.25. The Labute approximate surface area is 136 Å².